The Morgan fingerprint density at radius 3 is 2.09 bits per heavy atom. The summed E-state index contributed by atoms with van der Waals surface area (Å²) in [6, 6.07) is 0. The van der Waals surface area contributed by atoms with Crippen LogP contribution in [0.5, 0.6) is 0 Å². The summed E-state index contributed by atoms with van der Waals surface area (Å²) >= 11 is 0. The van der Waals surface area contributed by atoms with Crippen molar-refractivity contribution in [2.45, 2.75) is 52.6 Å². The van der Waals surface area contributed by atoms with Crippen molar-refractivity contribution in [3.63, 3.8) is 0 Å². The summed E-state index contributed by atoms with van der Waals surface area (Å²) in [4.78, 5) is 0. The van der Waals surface area contributed by atoms with Gasteiger partial charge in [-0.15, -0.1) is 0 Å². The molecule has 1 saturated carbocycles. The van der Waals surface area contributed by atoms with Gasteiger partial charge in [0.2, 0.25) is 0 Å². The molecule has 0 aliphatic heterocycles. The molecule has 66 valence electrons. The van der Waals surface area contributed by atoms with E-state index in [0.29, 0.717) is 11.3 Å². The fraction of sp³-hybridized carbons (Fsp3) is 1.00. The Balaban J connectivity index is 2.37. The van der Waals surface area contributed by atoms with Crippen LogP contribution < -0.4 is 0 Å². The molecule has 1 aliphatic carbocycles. The Kier molecular flexibility index (Phi) is 2.04. The van der Waals surface area contributed by atoms with Crippen molar-refractivity contribution in [2.75, 3.05) is 0 Å². The quantitative estimate of drug-likeness (QED) is 0.651. The molecule has 1 heteroatoms. The van der Waals surface area contributed by atoms with Gasteiger partial charge in [-0.2, -0.15) is 0 Å². The smallest absolute Gasteiger partial charge is 0.0652 e. The van der Waals surface area contributed by atoms with Gasteiger partial charge in [0.15, 0.2) is 0 Å². The van der Waals surface area contributed by atoms with E-state index in [9.17, 15) is 5.11 Å². The molecule has 0 saturated heterocycles. The molecule has 0 heterocycles. The minimum absolute atomic E-state index is 0.271. The summed E-state index contributed by atoms with van der Waals surface area (Å²) in [5.41, 5.74) is 0.0744. The molecular weight excluding hydrogens is 136 g/mol. The summed E-state index contributed by atoms with van der Waals surface area (Å²) in [5, 5.41) is 9.66. The molecule has 0 bridgehead atoms. The molecule has 1 N–H and O–H groups in total. The first-order valence-corrected chi connectivity index (χ1v) is 4.56. The van der Waals surface area contributed by atoms with Crippen LogP contribution in [0.3, 0.4) is 0 Å². The molecule has 0 aromatic heterocycles. The van der Waals surface area contributed by atoms with E-state index in [4.69, 9.17) is 0 Å². The standard InChI is InChI=1S/C10H20O/c1-8(9(2,3)4)7-10(11)5-6-10/h8,11H,5-7H2,1-4H3. The van der Waals surface area contributed by atoms with Crippen LogP contribution in [0.2, 0.25) is 0 Å². The van der Waals surface area contributed by atoms with Gasteiger partial charge in [-0.3, -0.25) is 0 Å². The zero-order valence-corrected chi connectivity index (χ0v) is 8.15. The van der Waals surface area contributed by atoms with E-state index in [-0.39, 0.29) is 5.60 Å². The van der Waals surface area contributed by atoms with E-state index >= 15 is 0 Å². The van der Waals surface area contributed by atoms with Gasteiger partial charge in [0.25, 0.3) is 0 Å². The third kappa shape index (κ3) is 2.48. The van der Waals surface area contributed by atoms with Crippen molar-refractivity contribution in [1.29, 1.82) is 0 Å². The lowest BCUT2D eigenvalue weighted by Gasteiger charge is -2.29. The summed E-state index contributed by atoms with van der Waals surface area (Å²) in [6.07, 6.45) is 3.03. The van der Waals surface area contributed by atoms with E-state index in [1.165, 1.54) is 0 Å². The second kappa shape index (κ2) is 2.48. The van der Waals surface area contributed by atoms with Crippen molar-refractivity contribution in [1.82, 2.24) is 0 Å². The van der Waals surface area contributed by atoms with Gasteiger partial charge in [0, 0.05) is 0 Å². The molecule has 1 aliphatic rings. The van der Waals surface area contributed by atoms with Crippen LogP contribution in [-0.2, 0) is 0 Å². The van der Waals surface area contributed by atoms with Crippen LogP contribution in [0.1, 0.15) is 47.0 Å². The number of hydrogen-bond acceptors (Lipinski definition) is 1. The summed E-state index contributed by atoms with van der Waals surface area (Å²) in [7, 11) is 0. The third-order valence-electron chi connectivity index (χ3n) is 2.99. The van der Waals surface area contributed by atoms with Crippen LogP contribution in [0.15, 0.2) is 0 Å². The molecule has 0 amide bonds. The number of hydrogen-bond donors (Lipinski definition) is 1. The molecule has 1 nitrogen and oxygen atoms in total. The second-order valence-electron chi connectivity index (χ2n) is 5.20. The fourth-order valence-corrected chi connectivity index (χ4v) is 1.22. The summed E-state index contributed by atoms with van der Waals surface area (Å²) in [5.74, 6) is 0.620. The lowest BCUT2D eigenvalue weighted by atomic mass is 9.78. The van der Waals surface area contributed by atoms with Crippen molar-refractivity contribution in [3.8, 4) is 0 Å². The predicted octanol–water partition coefficient (Wildman–Crippen LogP) is 2.58. The largest absolute Gasteiger partial charge is 0.390 e. The zero-order chi connectivity index (χ0) is 8.70. The van der Waals surface area contributed by atoms with Crippen LogP contribution >= 0.6 is 0 Å². The first-order chi connectivity index (χ1) is 4.83. The Hall–Kier alpha value is -0.0400. The maximum Gasteiger partial charge on any atom is 0.0652 e. The zero-order valence-electron chi connectivity index (χ0n) is 8.15. The van der Waals surface area contributed by atoms with Gasteiger partial charge in [0.1, 0.15) is 0 Å². The van der Waals surface area contributed by atoms with Crippen molar-refractivity contribution >= 4 is 0 Å². The normalized spacial score (nSPS) is 24.8. The molecule has 11 heavy (non-hydrogen) atoms. The number of rotatable bonds is 2. The van der Waals surface area contributed by atoms with Crippen molar-refractivity contribution < 1.29 is 5.11 Å². The highest BCUT2D eigenvalue weighted by Gasteiger charge is 2.42. The highest BCUT2D eigenvalue weighted by atomic mass is 16.3. The lowest BCUT2D eigenvalue weighted by molar-refractivity contribution is 0.0897. The van der Waals surface area contributed by atoms with E-state index in [2.05, 4.69) is 27.7 Å². The van der Waals surface area contributed by atoms with Crippen molar-refractivity contribution in [3.05, 3.63) is 0 Å². The maximum absolute atomic E-state index is 9.66. The van der Waals surface area contributed by atoms with Crippen LogP contribution in [0.4, 0.5) is 0 Å². The molecule has 1 unspecified atom stereocenters. The van der Waals surface area contributed by atoms with E-state index in [1.807, 2.05) is 0 Å². The van der Waals surface area contributed by atoms with Gasteiger partial charge < -0.3 is 5.11 Å². The highest BCUT2D eigenvalue weighted by molar-refractivity contribution is 4.95. The highest BCUT2D eigenvalue weighted by Crippen LogP contribution is 2.44. The molecule has 1 atom stereocenters. The van der Waals surface area contributed by atoms with E-state index in [1.54, 1.807) is 0 Å². The molecule has 0 aromatic carbocycles. The van der Waals surface area contributed by atoms with Gasteiger partial charge in [-0.05, 0) is 30.6 Å². The van der Waals surface area contributed by atoms with Gasteiger partial charge in [-0.25, -0.2) is 0 Å². The second-order valence-corrected chi connectivity index (χ2v) is 5.20. The molecule has 0 spiro atoms. The average molecular weight is 156 g/mol. The van der Waals surface area contributed by atoms with Gasteiger partial charge in [-0.1, -0.05) is 27.7 Å². The molecule has 1 fully saturated rings. The molecule has 0 radical (unpaired) electrons. The van der Waals surface area contributed by atoms with E-state index < -0.39 is 0 Å². The third-order valence-corrected chi connectivity index (χ3v) is 2.99. The Morgan fingerprint density at radius 2 is 1.82 bits per heavy atom. The Labute approximate surface area is 69.8 Å². The SMILES string of the molecule is CC(CC1(O)CC1)C(C)(C)C. The summed E-state index contributed by atoms with van der Waals surface area (Å²) in [6.45, 7) is 8.95. The minimum atomic E-state index is -0.271. The van der Waals surface area contributed by atoms with Crippen molar-refractivity contribution in [2.24, 2.45) is 11.3 Å². The van der Waals surface area contributed by atoms with Crippen LogP contribution in [0, 0.1) is 11.3 Å². The van der Waals surface area contributed by atoms with E-state index in [0.717, 1.165) is 19.3 Å². The first kappa shape index (κ1) is 9.05. The number of aliphatic hydroxyl groups is 1. The fourth-order valence-electron chi connectivity index (χ4n) is 1.22. The minimum Gasteiger partial charge on any atom is -0.390 e. The monoisotopic (exact) mass is 156 g/mol. The predicted molar refractivity (Wildman–Crippen MR) is 47.4 cm³/mol. The molecule has 1 rings (SSSR count). The topological polar surface area (TPSA) is 20.2 Å². The average Bonchev–Trinajstić information content (AvgIpc) is 2.45. The lowest BCUT2D eigenvalue weighted by Crippen LogP contribution is -2.23. The first-order valence-electron chi connectivity index (χ1n) is 4.56. The summed E-state index contributed by atoms with van der Waals surface area (Å²) < 4.78 is 0. The van der Waals surface area contributed by atoms with Gasteiger partial charge >= 0.3 is 0 Å². The Morgan fingerprint density at radius 1 is 1.36 bits per heavy atom. The molecule has 0 aromatic rings. The maximum atomic E-state index is 9.66. The van der Waals surface area contributed by atoms with Crippen LogP contribution in [0.25, 0.3) is 0 Å². The Bertz CT molecular complexity index is 139. The van der Waals surface area contributed by atoms with Gasteiger partial charge in [0.05, 0.1) is 5.60 Å². The molecular formula is C10H20O. The van der Waals surface area contributed by atoms with Crippen LogP contribution in [-0.4, -0.2) is 10.7 Å².